The minimum atomic E-state index is -0.350. The van der Waals surface area contributed by atoms with Crippen molar-refractivity contribution in [2.75, 3.05) is 13.2 Å². The van der Waals surface area contributed by atoms with Crippen molar-refractivity contribution < 1.29 is 9.47 Å². The third-order valence-corrected chi connectivity index (χ3v) is 9.64. The van der Waals surface area contributed by atoms with E-state index in [2.05, 4.69) is 31.9 Å². The number of hydrogen-bond acceptors (Lipinski definition) is 4. The molecule has 0 bridgehead atoms. The predicted molar refractivity (Wildman–Crippen MR) is 107 cm³/mol. The summed E-state index contributed by atoms with van der Waals surface area (Å²) in [6.07, 6.45) is 12.5. The molecule has 1 saturated heterocycles. The molecule has 0 amide bonds. The highest BCUT2D eigenvalue weighted by Crippen LogP contribution is 2.68. The summed E-state index contributed by atoms with van der Waals surface area (Å²) in [7, 11) is 0. The van der Waals surface area contributed by atoms with Gasteiger partial charge in [-0.3, -0.25) is 0 Å². The number of hydrogen-bond donors (Lipinski definition) is 1. The van der Waals surface area contributed by atoms with Gasteiger partial charge in [-0.15, -0.1) is 0 Å². The Balaban J connectivity index is 1.44. The second kappa shape index (κ2) is 6.06. The van der Waals surface area contributed by atoms with Crippen molar-refractivity contribution in [1.29, 1.82) is 0 Å². The number of ether oxygens (including phenoxy) is 2. The summed E-state index contributed by atoms with van der Waals surface area (Å²) in [5.74, 6) is 8.30. The number of rotatable bonds is 1. The molecule has 3 saturated carbocycles. The van der Waals surface area contributed by atoms with Crippen LogP contribution in [-0.4, -0.2) is 24.7 Å². The van der Waals surface area contributed by atoms with Gasteiger partial charge in [-0.25, -0.2) is 0 Å². The zero-order valence-electron chi connectivity index (χ0n) is 17.3. The van der Waals surface area contributed by atoms with Gasteiger partial charge in [0, 0.05) is 5.92 Å². The van der Waals surface area contributed by atoms with Gasteiger partial charge in [0.1, 0.15) is 0 Å². The minimum Gasteiger partial charge on any atom is -0.348 e. The molecule has 0 aromatic rings. The molecule has 4 nitrogen and oxygen atoms in total. The number of allylic oxidation sites excluding steroid dienone is 2. The molecule has 0 aromatic heterocycles. The Morgan fingerprint density at radius 1 is 0.963 bits per heavy atom. The Morgan fingerprint density at radius 2 is 1.74 bits per heavy atom. The van der Waals surface area contributed by atoms with Gasteiger partial charge < -0.3 is 15.3 Å². The van der Waals surface area contributed by atoms with E-state index in [9.17, 15) is 0 Å². The number of hydrazone groups is 1. The third-order valence-electron chi connectivity index (χ3n) is 9.64. The zero-order valence-corrected chi connectivity index (χ0v) is 17.3. The number of nitrogens with two attached hydrogens (primary N) is 1. The first kappa shape index (κ1) is 18.2. The average Bonchev–Trinajstić information content (AvgIpc) is 3.24. The molecule has 27 heavy (non-hydrogen) atoms. The Labute approximate surface area is 163 Å². The van der Waals surface area contributed by atoms with Gasteiger partial charge in [0.05, 0.1) is 18.9 Å². The molecule has 2 N–H and O–H groups in total. The first-order valence-electron chi connectivity index (χ1n) is 11.2. The van der Waals surface area contributed by atoms with Crippen LogP contribution in [-0.2, 0) is 9.47 Å². The van der Waals surface area contributed by atoms with E-state index in [-0.39, 0.29) is 5.79 Å². The van der Waals surface area contributed by atoms with Crippen LogP contribution in [0.1, 0.15) is 72.1 Å². The van der Waals surface area contributed by atoms with E-state index in [1.54, 1.807) is 5.57 Å². The van der Waals surface area contributed by atoms with E-state index in [0.29, 0.717) is 16.7 Å². The molecule has 6 unspecified atom stereocenters. The first-order chi connectivity index (χ1) is 12.9. The fraction of sp³-hybridized carbons (Fsp3) is 0.870. The van der Waals surface area contributed by atoms with Gasteiger partial charge in [0.15, 0.2) is 5.79 Å². The van der Waals surface area contributed by atoms with Crippen molar-refractivity contribution in [3.8, 4) is 0 Å². The van der Waals surface area contributed by atoms with E-state index in [1.807, 2.05) is 0 Å². The summed E-state index contributed by atoms with van der Waals surface area (Å²) in [5, 5.41) is 4.01. The van der Waals surface area contributed by atoms with Crippen LogP contribution < -0.4 is 5.84 Å². The van der Waals surface area contributed by atoms with Crippen LogP contribution in [0, 0.1) is 34.5 Å². The molecular formula is C23H36N2O2. The lowest BCUT2D eigenvalue weighted by Crippen LogP contribution is -2.53. The van der Waals surface area contributed by atoms with Gasteiger partial charge in [-0.1, -0.05) is 19.4 Å². The quantitative estimate of drug-likeness (QED) is 0.539. The van der Waals surface area contributed by atoms with Crippen molar-refractivity contribution in [3.63, 3.8) is 0 Å². The minimum absolute atomic E-state index is 0.350. The van der Waals surface area contributed by atoms with Crippen LogP contribution in [0.3, 0.4) is 0 Å². The molecular weight excluding hydrogens is 336 g/mol. The molecule has 0 aromatic carbocycles. The van der Waals surface area contributed by atoms with Crippen LogP contribution in [0.5, 0.6) is 0 Å². The Morgan fingerprint density at radius 3 is 2.48 bits per heavy atom. The van der Waals surface area contributed by atoms with Crippen molar-refractivity contribution in [3.05, 3.63) is 11.6 Å². The van der Waals surface area contributed by atoms with E-state index in [4.69, 9.17) is 15.3 Å². The molecule has 1 aliphatic heterocycles. The highest BCUT2D eigenvalue weighted by atomic mass is 16.7. The van der Waals surface area contributed by atoms with E-state index < -0.39 is 0 Å². The summed E-state index contributed by atoms with van der Waals surface area (Å²) in [4.78, 5) is 0. The fourth-order valence-electron chi connectivity index (χ4n) is 8.27. The lowest BCUT2D eigenvalue weighted by atomic mass is 9.46. The number of nitrogens with zero attached hydrogens (tertiary/aromatic N) is 1. The SMILES string of the molecule is CC1(C2CCC3C4CCC5=CC(=NN)CCC5(C)C4CCC32C)OCCO1. The Hall–Kier alpha value is -0.870. The average molecular weight is 373 g/mol. The fourth-order valence-corrected chi connectivity index (χ4v) is 8.27. The van der Waals surface area contributed by atoms with Crippen molar-refractivity contribution in [1.82, 2.24) is 0 Å². The molecule has 4 fully saturated rings. The number of fused-ring (bicyclic) bond motifs is 5. The second-order valence-corrected chi connectivity index (χ2v) is 10.5. The second-order valence-electron chi connectivity index (χ2n) is 10.5. The maximum atomic E-state index is 6.15. The topological polar surface area (TPSA) is 56.8 Å². The van der Waals surface area contributed by atoms with Gasteiger partial charge in [-0.2, -0.15) is 5.10 Å². The lowest BCUT2D eigenvalue weighted by molar-refractivity contribution is -0.214. The first-order valence-corrected chi connectivity index (χ1v) is 11.2. The normalized spacial score (nSPS) is 50.0. The Bertz CT molecular complexity index is 680. The molecule has 5 aliphatic rings. The highest BCUT2D eigenvalue weighted by Gasteiger charge is 2.62. The predicted octanol–water partition coefficient (Wildman–Crippen LogP) is 4.64. The molecule has 1 heterocycles. The summed E-state index contributed by atoms with van der Waals surface area (Å²) in [5.41, 5.74) is 3.47. The maximum absolute atomic E-state index is 6.15. The molecule has 150 valence electrons. The summed E-state index contributed by atoms with van der Waals surface area (Å²) in [6, 6.07) is 0. The van der Waals surface area contributed by atoms with Crippen molar-refractivity contribution in [2.45, 2.75) is 77.9 Å². The van der Waals surface area contributed by atoms with Gasteiger partial charge >= 0.3 is 0 Å². The molecule has 0 spiro atoms. The van der Waals surface area contributed by atoms with Gasteiger partial charge in [0.25, 0.3) is 0 Å². The lowest BCUT2D eigenvalue weighted by Gasteiger charge is -2.59. The van der Waals surface area contributed by atoms with E-state index in [1.165, 1.54) is 44.9 Å². The summed E-state index contributed by atoms with van der Waals surface area (Å²) < 4.78 is 12.3. The molecule has 4 aliphatic carbocycles. The van der Waals surface area contributed by atoms with Crippen molar-refractivity contribution in [2.24, 2.45) is 45.4 Å². The molecule has 5 rings (SSSR count). The largest absolute Gasteiger partial charge is 0.348 e. The van der Waals surface area contributed by atoms with Crippen LogP contribution in [0.2, 0.25) is 0 Å². The summed E-state index contributed by atoms with van der Waals surface area (Å²) in [6.45, 7) is 8.84. The van der Waals surface area contributed by atoms with E-state index in [0.717, 1.165) is 43.1 Å². The smallest absolute Gasteiger partial charge is 0.169 e. The summed E-state index contributed by atoms with van der Waals surface area (Å²) >= 11 is 0. The molecule has 4 heteroatoms. The van der Waals surface area contributed by atoms with E-state index >= 15 is 0 Å². The van der Waals surface area contributed by atoms with Gasteiger partial charge in [-0.05, 0) is 93.0 Å². The van der Waals surface area contributed by atoms with Gasteiger partial charge in [0.2, 0.25) is 0 Å². The van der Waals surface area contributed by atoms with Crippen LogP contribution in [0.25, 0.3) is 0 Å². The van der Waals surface area contributed by atoms with Crippen molar-refractivity contribution >= 4 is 5.71 Å². The van der Waals surface area contributed by atoms with Crippen LogP contribution >= 0.6 is 0 Å². The zero-order chi connectivity index (χ0) is 18.9. The molecule has 0 radical (unpaired) electrons. The highest BCUT2D eigenvalue weighted by molar-refractivity contribution is 5.96. The van der Waals surface area contributed by atoms with Crippen LogP contribution in [0.4, 0.5) is 0 Å². The van der Waals surface area contributed by atoms with Crippen LogP contribution in [0.15, 0.2) is 16.8 Å². The molecule has 6 atom stereocenters. The maximum Gasteiger partial charge on any atom is 0.169 e. The standard InChI is InChI=1S/C23H36N2O2/c1-21-10-8-16(25-24)14-15(21)4-5-17-18-6-7-20(23(3)26-12-13-27-23)22(18,2)11-9-19(17)21/h14,17-20H,4-13,24H2,1-3H3. The monoisotopic (exact) mass is 372 g/mol. The Kier molecular flexibility index (Phi) is 4.08. The third kappa shape index (κ3) is 2.45.